The summed E-state index contributed by atoms with van der Waals surface area (Å²) in [5.41, 5.74) is 6.30. The van der Waals surface area contributed by atoms with Crippen molar-refractivity contribution < 1.29 is 38.0 Å². The Morgan fingerprint density at radius 1 is 0.781 bits per heavy atom. The molecule has 1 unspecified atom stereocenters. The van der Waals surface area contributed by atoms with E-state index in [0.717, 1.165) is 116 Å². The number of pyridine rings is 1. The first-order chi connectivity index (χ1) is 31.1. The molecule has 17 heteroatoms. The van der Waals surface area contributed by atoms with E-state index in [-0.39, 0.29) is 24.1 Å². The number of nitrogens with zero attached hydrogens (tertiary/aromatic N) is 7. The van der Waals surface area contributed by atoms with Gasteiger partial charge in [0, 0.05) is 51.5 Å². The van der Waals surface area contributed by atoms with Crippen LogP contribution in [0, 0.1) is 0 Å². The molecule has 3 saturated heterocycles. The molecule has 6 aromatic rings. The average molecular weight is 911 g/mol. The smallest absolute Gasteiger partial charge is 0.337 e. The number of halogens is 2. The number of carbonyl (C=O) groups is 2. The highest BCUT2D eigenvalue weighted by atomic mass is 35.5. The maximum atomic E-state index is 12.3. The second-order valence-corrected chi connectivity index (χ2v) is 17.6. The Morgan fingerprint density at radius 2 is 1.41 bits per heavy atom. The fourth-order valence-electron chi connectivity index (χ4n) is 9.32. The predicted molar refractivity (Wildman–Crippen MR) is 239 cm³/mol. The highest BCUT2D eigenvalue weighted by molar-refractivity contribution is 6.30. The molecule has 11 rings (SSSR count). The molecule has 15 nitrogen and oxygen atoms in total. The first kappa shape index (κ1) is 42.5. The number of esters is 2. The summed E-state index contributed by atoms with van der Waals surface area (Å²) >= 11 is 12.0. The van der Waals surface area contributed by atoms with Gasteiger partial charge in [0.2, 0.25) is 0 Å². The van der Waals surface area contributed by atoms with Gasteiger partial charge < -0.3 is 42.5 Å². The molecule has 0 N–H and O–H groups in total. The minimum Gasteiger partial charge on any atom is -0.465 e. The number of methoxy groups -OCH3 is 2. The SMILES string of the molecule is COC(=O)c1ccc2nc(CCl)n(C[C@@H]3CCO3)c2c1.COC(=O)c1ccc2nc(CN3CCN(c4cccc5c4OC(C)(c4ccc(Cl)cn4)O5)[C@@H]4CC[C@H]43)n(C[C@@H]3CCO3)c2c1. The van der Waals surface area contributed by atoms with Crippen LogP contribution in [-0.4, -0.2) is 106 Å². The molecule has 3 aromatic heterocycles. The Morgan fingerprint density at radius 3 is 1.95 bits per heavy atom. The lowest BCUT2D eigenvalue weighted by Gasteiger charge is -2.54. The highest BCUT2D eigenvalue weighted by Gasteiger charge is 2.47. The summed E-state index contributed by atoms with van der Waals surface area (Å²) in [5, 5.41) is 0.570. The topological polar surface area (TPSA) is 145 Å². The molecule has 4 fully saturated rings. The zero-order valence-electron chi connectivity index (χ0n) is 35.9. The van der Waals surface area contributed by atoms with Gasteiger partial charge in [-0.1, -0.05) is 17.7 Å². The molecule has 3 aromatic carbocycles. The van der Waals surface area contributed by atoms with Crippen molar-refractivity contribution in [3.63, 3.8) is 0 Å². The molecule has 0 bridgehead atoms. The zero-order chi connectivity index (χ0) is 44.1. The third kappa shape index (κ3) is 7.91. The van der Waals surface area contributed by atoms with E-state index in [9.17, 15) is 9.59 Å². The Labute approximate surface area is 380 Å². The number of benzene rings is 3. The van der Waals surface area contributed by atoms with Gasteiger partial charge in [-0.15, -0.1) is 11.6 Å². The van der Waals surface area contributed by atoms with Crippen LogP contribution in [0.25, 0.3) is 22.1 Å². The van der Waals surface area contributed by atoms with Crippen molar-refractivity contribution in [2.45, 2.75) is 88.2 Å². The molecule has 0 amide bonds. The number of hydrogen-bond acceptors (Lipinski definition) is 13. The van der Waals surface area contributed by atoms with Crippen LogP contribution < -0.4 is 14.4 Å². The second-order valence-electron chi connectivity index (χ2n) is 16.9. The minimum atomic E-state index is -1.03. The molecule has 1 aliphatic carbocycles. The minimum absolute atomic E-state index is 0.164. The van der Waals surface area contributed by atoms with Crippen molar-refractivity contribution in [2.75, 3.05) is 45.4 Å². The maximum absolute atomic E-state index is 12.3. The Kier molecular flexibility index (Phi) is 11.6. The third-order valence-corrected chi connectivity index (χ3v) is 13.5. The number of rotatable bonds is 11. The Balaban J connectivity index is 0.000000202. The summed E-state index contributed by atoms with van der Waals surface area (Å²) in [6, 6.07) is 21.4. The summed E-state index contributed by atoms with van der Waals surface area (Å²) in [5.74, 6) is 1.87. The summed E-state index contributed by atoms with van der Waals surface area (Å²) < 4.78 is 38.1. The number of fused-ring (bicyclic) bond motifs is 4. The number of aromatic nitrogens is 5. The van der Waals surface area contributed by atoms with Crippen molar-refractivity contribution in [1.82, 2.24) is 29.0 Å². The van der Waals surface area contributed by atoms with Gasteiger partial charge in [0.25, 0.3) is 5.79 Å². The summed E-state index contributed by atoms with van der Waals surface area (Å²) in [7, 11) is 2.78. The number of hydrogen-bond donors (Lipinski definition) is 0. The fraction of sp³-hybridized carbons (Fsp3) is 0.426. The van der Waals surface area contributed by atoms with Gasteiger partial charge in [0.05, 0.1) is 95.8 Å². The van der Waals surface area contributed by atoms with Crippen molar-refractivity contribution in [1.29, 1.82) is 0 Å². The van der Waals surface area contributed by atoms with E-state index in [1.54, 1.807) is 30.5 Å². The second kappa shape index (κ2) is 17.5. The summed E-state index contributed by atoms with van der Waals surface area (Å²) in [4.78, 5) is 43.0. The number of carbonyl (C=O) groups excluding carboxylic acids is 2. The van der Waals surface area contributed by atoms with E-state index in [1.165, 1.54) is 14.2 Å². The standard InChI is InChI=1S/C33H34ClN5O5.C14H15ClN2O3/c1-33(29-11-7-21(34)17-35-29)43-28-5-3-4-26(31(28)44-33)38-14-13-37(24-9-10-25(24)38)19-30-36-23-8-6-20(32(40)41-2)16-27(23)39(30)18-22-12-15-42-22;1-19-14(18)9-2-3-11-12(6-9)17(13(7-15)16-11)8-10-4-5-20-10/h3-8,11,16-17,22,24-25H,9-10,12-15,18-19H2,1-2H3;2-3,6,10H,4-5,7-8H2,1H3/t22-,24+,25+,33?;10-/m00/s1. The zero-order valence-corrected chi connectivity index (χ0v) is 37.4. The van der Waals surface area contributed by atoms with Crippen molar-refractivity contribution >= 4 is 62.9 Å². The van der Waals surface area contributed by atoms with E-state index in [4.69, 9.17) is 56.6 Å². The first-order valence-electron chi connectivity index (χ1n) is 21.7. The summed E-state index contributed by atoms with van der Waals surface area (Å²) in [6.45, 7) is 7.40. The molecule has 0 spiro atoms. The van der Waals surface area contributed by atoms with Crippen LogP contribution in [0.1, 0.15) is 70.7 Å². The molecular weight excluding hydrogens is 861 g/mol. The lowest BCUT2D eigenvalue weighted by molar-refractivity contribution is -0.0717. The molecule has 64 heavy (non-hydrogen) atoms. The van der Waals surface area contributed by atoms with Gasteiger partial charge in [-0.3, -0.25) is 9.88 Å². The average Bonchev–Trinajstić information content (AvgIpc) is 3.93. The van der Waals surface area contributed by atoms with Crippen molar-refractivity contribution in [3.8, 4) is 11.5 Å². The number of piperazine rings is 1. The van der Waals surface area contributed by atoms with Crippen LogP contribution in [0.4, 0.5) is 5.69 Å². The molecular formula is C47H49Cl2N7O8. The predicted octanol–water partition coefficient (Wildman–Crippen LogP) is 7.51. The van der Waals surface area contributed by atoms with Gasteiger partial charge in [0.1, 0.15) is 17.3 Å². The largest absolute Gasteiger partial charge is 0.465 e. The molecule has 5 aliphatic rings. The van der Waals surface area contributed by atoms with Crippen LogP contribution >= 0.6 is 23.2 Å². The first-order valence-corrected chi connectivity index (χ1v) is 22.6. The Hall–Kier alpha value is -5.45. The van der Waals surface area contributed by atoms with Crippen LogP contribution in [0.5, 0.6) is 11.5 Å². The lowest BCUT2D eigenvalue weighted by Crippen LogP contribution is -2.64. The third-order valence-electron chi connectivity index (χ3n) is 13.1. The van der Waals surface area contributed by atoms with E-state index in [2.05, 4.69) is 30.4 Å². The number of anilines is 1. The van der Waals surface area contributed by atoms with E-state index >= 15 is 0 Å². The molecule has 4 aliphatic heterocycles. The van der Waals surface area contributed by atoms with E-state index < -0.39 is 5.79 Å². The van der Waals surface area contributed by atoms with Gasteiger partial charge in [-0.25, -0.2) is 19.6 Å². The van der Waals surface area contributed by atoms with Crippen LogP contribution in [-0.2, 0) is 50.2 Å². The summed E-state index contributed by atoms with van der Waals surface area (Å²) in [6.07, 6.45) is 6.28. The van der Waals surface area contributed by atoms with Gasteiger partial charge >= 0.3 is 11.9 Å². The fourth-order valence-corrected chi connectivity index (χ4v) is 9.63. The molecule has 1 saturated carbocycles. The molecule has 5 atom stereocenters. The van der Waals surface area contributed by atoms with Gasteiger partial charge in [0.15, 0.2) is 11.5 Å². The molecule has 0 radical (unpaired) electrons. The van der Waals surface area contributed by atoms with Crippen molar-refractivity contribution in [3.05, 3.63) is 106 Å². The molecule has 7 heterocycles. The molecule has 334 valence electrons. The highest BCUT2D eigenvalue weighted by Crippen LogP contribution is 2.51. The van der Waals surface area contributed by atoms with Crippen LogP contribution in [0.3, 0.4) is 0 Å². The monoisotopic (exact) mass is 909 g/mol. The van der Waals surface area contributed by atoms with Gasteiger partial charge in [-0.05, 0) is 86.3 Å². The number of alkyl halides is 1. The van der Waals surface area contributed by atoms with Crippen molar-refractivity contribution in [2.24, 2.45) is 0 Å². The quantitative estimate of drug-likeness (QED) is 0.0936. The Bertz CT molecular complexity index is 2720. The maximum Gasteiger partial charge on any atom is 0.337 e. The van der Waals surface area contributed by atoms with Crippen LogP contribution in [0.15, 0.2) is 72.9 Å². The lowest BCUT2D eigenvalue weighted by atomic mass is 9.81. The number of imidazole rings is 2. The van der Waals surface area contributed by atoms with Gasteiger partial charge in [-0.2, -0.15) is 0 Å². The normalized spacial score (nSPS) is 23.4. The van der Waals surface area contributed by atoms with Crippen LogP contribution in [0.2, 0.25) is 5.02 Å². The van der Waals surface area contributed by atoms with E-state index in [1.807, 2.05) is 47.9 Å². The van der Waals surface area contributed by atoms with E-state index in [0.29, 0.717) is 46.4 Å². The number of ether oxygens (including phenoxy) is 6. The number of para-hydroxylation sites is 1.